The zero-order valence-corrected chi connectivity index (χ0v) is 13.2. The number of allylic oxidation sites excluding steroid dienone is 1. The van der Waals surface area contributed by atoms with E-state index >= 15 is 0 Å². The van der Waals surface area contributed by atoms with Crippen LogP contribution in [-0.2, 0) is 6.42 Å². The summed E-state index contributed by atoms with van der Waals surface area (Å²) in [4.78, 5) is 11.9. The molecule has 0 aromatic heterocycles. The topological polar surface area (TPSA) is 73.0 Å². The number of rotatable bonds is 3. The Morgan fingerprint density at radius 2 is 1.74 bits per heavy atom. The summed E-state index contributed by atoms with van der Waals surface area (Å²) < 4.78 is 0. The van der Waals surface area contributed by atoms with Crippen LogP contribution in [0.4, 0.5) is 0 Å². The van der Waals surface area contributed by atoms with E-state index in [1.807, 2.05) is 36.4 Å². The molecule has 0 radical (unpaired) electrons. The van der Waals surface area contributed by atoms with Gasteiger partial charge in [0.15, 0.2) is 0 Å². The molecule has 0 unspecified atom stereocenters. The Bertz CT molecular complexity index is 755. The van der Waals surface area contributed by atoms with Crippen molar-refractivity contribution < 1.29 is 10.3 Å². The number of hydrazone groups is 1. The molecule has 2 aromatic carbocycles. The third-order valence-corrected chi connectivity index (χ3v) is 4.07. The molecule has 0 atom stereocenters. The summed E-state index contributed by atoms with van der Waals surface area (Å²) in [6.07, 6.45) is 3.39. The van der Waals surface area contributed by atoms with Crippen LogP contribution in [0.5, 0.6) is 0 Å². The number of benzene rings is 2. The molecule has 0 fully saturated rings. The number of halogens is 1. The third kappa shape index (κ3) is 3.86. The van der Waals surface area contributed by atoms with Crippen LogP contribution in [0.15, 0.2) is 65.3 Å². The number of carbonyl (C=O) groups excluding carboxylic acids is 1. The third-order valence-electron chi connectivity index (χ3n) is 3.62. The Morgan fingerprint density at radius 3 is 2.52 bits per heavy atom. The average Bonchev–Trinajstić information content (AvgIpc) is 2.58. The van der Waals surface area contributed by atoms with E-state index in [1.54, 1.807) is 18.3 Å². The summed E-state index contributed by atoms with van der Waals surface area (Å²) >= 11 is 6.42. The lowest BCUT2D eigenvalue weighted by atomic mass is 9.92. The van der Waals surface area contributed by atoms with Gasteiger partial charge in [0.1, 0.15) is 0 Å². The van der Waals surface area contributed by atoms with Crippen LogP contribution in [0.1, 0.15) is 27.9 Å². The highest BCUT2D eigenvalue weighted by atomic mass is 35.5. The average molecular weight is 329 g/mol. The van der Waals surface area contributed by atoms with Crippen molar-refractivity contribution in [3.63, 3.8) is 0 Å². The zero-order valence-electron chi connectivity index (χ0n) is 12.4. The van der Waals surface area contributed by atoms with E-state index in [1.165, 1.54) is 5.56 Å². The van der Waals surface area contributed by atoms with Gasteiger partial charge in [0.25, 0.3) is 5.91 Å². The molecule has 23 heavy (non-hydrogen) atoms. The first-order chi connectivity index (χ1) is 10.8. The highest BCUT2D eigenvalue weighted by Gasteiger charge is 2.15. The standard InChI is InChI=1S/C18H15ClN2O.H2O/c19-17-15(11-10-13-6-4-5-9-16(13)17)12-20-21-18(22)14-7-2-1-3-8-14;/h1-9,12H,10-11H2,(H,21,22);1H2/b20-12+;. The Kier molecular flexibility index (Phi) is 5.68. The van der Waals surface area contributed by atoms with E-state index in [0.29, 0.717) is 10.6 Å². The smallest absolute Gasteiger partial charge is 0.271 e. The van der Waals surface area contributed by atoms with Crippen molar-refractivity contribution in [2.75, 3.05) is 0 Å². The van der Waals surface area contributed by atoms with Crippen molar-refractivity contribution in [2.24, 2.45) is 5.10 Å². The molecule has 0 heterocycles. The van der Waals surface area contributed by atoms with Gasteiger partial charge >= 0.3 is 0 Å². The molecule has 3 N–H and O–H groups in total. The lowest BCUT2D eigenvalue weighted by Gasteiger charge is -2.17. The number of aryl methyl sites for hydroxylation is 1. The first-order valence-electron chi connectivity index (χ1n) is 7.11. The minimum atomic E-state index is -0.232. The maximum absolute atomic E-state index is 11.9. The Balaban J connectivity index is 0.00000192. The largest absolute Gasteiger partial charge is 0.412 e. The molecule has 0 spiro atoms. The van der Waals surface area contributed by atoms with E-state index in [2.05, 4.69) is 16.6 Å². The van der Waals surface area contributed by atoms with Gasteiger partial charge in [0, 0.05) is 5.56 Å². The number of amides is 1. The van der Waals surface area contributed by atoms with Gasteiger partial charge in [-0.15, -0.1) is 0 Å². The summed E-state index contributed by atoms with van der Waals surface area (Å²) in [5.74, 6) is -0.232. The second-order valence-corrected chi connectivity index (χ2v) is 5.44. The maximum atomic E-state index is 11.9. The molecule has 0 aliphatic heterocycles. The predicted molar refractivity (Wildman–Crippen MR) is 93.6 cm³/mol. The van der Waals surface area contributed by atoms with E-state index < -0.39 is 0 Å². The Labute approximate surface area is 139 Å². The highest BCUT2D eigenvalue weighted by Crippen LogP contribution is 2.32. The first-order valence-corrected chi connectivity index (χ1v) is 7.49. The van der Waals surface area contributed by atoms with Crippen LogP contribution >= 0.6 is 11.6 Å². The summed E-state index contributed by atoms with van der Waals surface area (Å²) in [5.41, 5.74) is 6.34. The van der Waals surface area contributed by atoms with Crippen molar-refractivity contribution in [2.45, 2.75) is 12.8 Å². The predicted octanol–water partition coefficient (Wildman–Crippen LogP) is 3.17. The fourth-order valence-corrected chi connectivity index (χ4v) is 2.78. The monoisotopic (exact) mass is 328 g/mol. The van der Waals surface area contributed by atoms with Crippen LogP contribution in [0.2, 0.25) is 0 Å². The number of nitrogens with one attached hydrogen (secondary N) is 1. The highest BCUT2D eigenvalue weighted by molar-refractivity contribution is 6.50. The SMILES string of the molecule is O.O=C(N/N=C/C1=C(Cl)c2ccccc2CC1)c1ccccc1. The van der Waals surface area contributed by atoms with Crippen molar-refractivity contribution in [1.29, 1.82) is 0 Å². The lowest BCUT2D eigenvalue weighted by molar-refractivity contribution is 0.0955. The van der Waals surface area contributed by atoms with Gasteiger partial charge in [-0.1, -0.05) is 54.1 Å². The molecule has 0 bridgehead atoms. The van der Waals surface area contributed by atoms with Gasteiger partial charge in [0.05, 0.1) is 11.2 Å². The molecular weight excluding hydrogens is 312 g/mol. The van der Waals surface area contributed by atoms with Crippen LogP contribution < -0.4 is 5.43 Å². The minimum absolute atomic E-state index is 0. The van der Waals surface area contributed by atoms with Crippen LogP contribution in [0, 0.1) is 0 Å². The summed E-state index contributed by atoms with van der Waals surface area (Å²) in [6, 6.07) is 17.1. The molecule has 4 nitrogen and oxygen atoms in total. The second-order valence-electron chi connectivity index (χ2n) is 5.06. The number of hydrogen-bond acceptors (Lipinski definition) is 2. The molecule has 2 aromatic rings. The fourth-order valence-electron chi connectivity index (χ4n) is 2.45. The number of nitrogens with zero attached hydrogens (tertiary/aromatic N) is 1. The molecule has 0 saturated carbocycles. The van der Waals surface area contributed by atoms with Gasteiger partial charge in [-0.25, -0.2) is 5.43 Å². The summed E-state index contributed by atoms with van der Waals surface area (Å²) in [6.45, 7) is 0. The molecule has 0 saturated heterocycles. The fraction of sp³-hybridized carbons (Fsp3) is 0.111. The molecule has 1 amide bonds. The van der Waals surface area contributed by atoms with E-state index in [9.17, 15) is 4.79 Å². The van der Waals surface area contributed by atoms with Crippen molar-refractivity contribution in [3.05, 3.63) is 76.9 Å². The van der Waals surface area contributed by atoms with E-state index in [4.69, 9.17) is 11.6 Å². The van der Waals surface area contributed by atoms with Gasteiger partial charge in [0.2, 0.25) is 0 Å². The molecule has 3 rings (SSSR count). The van der Waals surface area contributed by atoms with E-state index in [0.717, 1.165) is 24.0 Å². The summed E-state index contributed by atoms with van der Waals surface area (Å²) in [5, 5.41) is 4.74. The van der Waals surface area contributed by atoms with Crippen molar-refractivity contribution in [1.82, 2.24) is 5.43 Å². The quantitative estimate of drug-likeness (QED) is 0.682. The molecule has 1 aliphatic carbocycles. The first kappa shape index (κ1) is 16.9. The number of fused-ring (bicyclic) bond motifs is 1. The molecule has 118 valence electrons. The van der Waals surface area contributed by atoms with Crippen molar-refractivity contribution in [3.8, 4) is 0 Å². The molecule has 5 heteroatoms. The van der Waals surface area contributed by atoms with Crippen molar-refractivity contribution >= 4 is 28.8 Å². The second kappa shape index (κ2) is 7.72. The van der Waals surface area contributed by atoms with Gasteiger partial charge in [-0.2, -0.15) is 5.10 Å². The number of carbonyl (C=O) groups is 1. The Morgan fingerprint density at radius 1 is 1.04 bits per heavy atom. The van der Waals surface area contributed by atoms with Gasteiger partial charge < -0.3 is 5.48 Å². The van der Waals surface area contributed by atoms with E-state index in [-0.39, 0.29) is 11.4 Å². The maximum Gasteiger partial charge on any atom is 0.271 e. The number of hydrogen-bond donors (Lipinski definition) is 1. The lowest BCUT2D eigenvalue weighted by Crippen LogP contribution is -2.17. The van der Waals surface area contributed by atoms with Crippen LogP contribution in [-0.4, -0.2) is 17.6 Å². The summed E-state index contributed by atoms with van der Waals surface area (Å²) in [7, 11) is 0. The molecular formula is C18H17ClN2O2. The van der Waals surface area contributed by atoms with Crippen LogP contribution in [0.25, 0.3) is 5.03 Å². The molecule has 1 aliphatic rings. The van der Waals surface area contributed by atoms with Gasteiger partial charge in [-0.05, 0) is 41.7 Å². The Hall–Kier alpha value is -2.43. The minimum Gasteiger partial charge on any atom is -0.412 e. The normalized spacial score (nSPS) is 13.4. The van der Waals surface area contributed by atoms with Gasteiger partial charge in [-0.3, -0.25) is 4.79 Å². The zero-order chi connectivity index (χ0) is 15.4. The van der Waals surface area contributed by atoms with Crippen LogP contribution in [0.3, 0.4) is 0 Å².